The van der Waals surface area contributed by atoms with Crippen LogP contribution in [0, 0.1) is 17.6 Å². The summed E-state index contributed by atoms with van der Waals surface area (Å²) in [6.45, 7) is -0.263. The molecule has 0 heterocycles. The number of nitrogens with one attached hydrogen (secondary N) is 2. The summed E-state index contributed by atoms with van der Waals surface area (Å²) in [6.07, 6.45) is -3.58. The van der Waals surface area contributed by atoms with E-state index in [4.69, 9.17) is 4.74 Å². The number of carbonyl (C=O) groups is 2. The van der Waals surface area contributed by atoms with Gasteiger partial charge in [0.05, 0.1) is 12.6 Å². The molecule has 2 bridgehead atoms. The first-order chi connectivity index (χ1) is 14.5. The van der Waals surface area contributed by atoms with Crippen molar-refractivity contribution in [1.29, 1.82) is 0 Å². The van der Waals surface area contributed by atoms with E-state index in [1.807, 2.05) is 0 Å². The number of carbonyl (C=O) groups excluding carboxylic acids is 2. The number of hydrogen-bond acceptors (Lipinski definition) is 5. The minimum atomic E-state index is -4.68. The van der Waals surface area contributed by atoms with E-state index in [1.54, 1.807) is 0 Å². The van der Waals surface area contributed by atoms with Gasteiger partial charge in [0, 0.05) is 23.1 Å². The van der Waals surface area contributed by atoms with Gasteiger partial charge in [0.15, 0.2) is 18.2 Å². The predicted molar refractivity (Wildman–Crippen MR) is 96.0 cm³/mol. The molecule has 6 nitrogen and oxygen atoms in total. The summed E-state index contributed by atoms with van der Waals surface area (Å²) in [6, 6.07) is 2.99. The molecule has 0 unspecified atom stereocenters. The van der Waals surface area contributed by atoms with Gasteiger partial charge in [-0.15, -0.1) is 13.2 Å². The van der Waals surface area contributed by atoms with Crippen LogP contribution in [0.25, 0.3) is 0 Å². The Kier molecular flexibility index (Phi) is 5.45. The fourth-order valence-electron chi connectivity index (χ4n) is 4.69. The Morgan fingerprint density at radius 1 is 1.06 bits per heavy atom. The Hall–Kier alpha value is -2.27. The van der Waals surface area contributed by atoms with Crippen LogP contribution in [-0.4, -0.2) is 48.4 Å². The highest BCUT2D eigenvalue weighted by atomic mass is 19.4. The average molecular weight is 448 g/mol. The van der Waals surface area contributed by atoms with Crippen LogP contribution in [0.15, 0.2) is 18.2 Å². The molecule has 1 aromatic carbocycles. The molecular formula is C20H21F5N2O4. The fraction of sp³-hybridized carbons (Fsp3) is 0.600. The van der Waals surface area contributed by atoms with Crippen LogP contribution >= 0.6 is 0 Å². The lowest BCUT2D eigenvalue weighted by atomic mass is 9.44. The van der Waals surface area contributed by atoms with Crippen molar-refractivity contribution in [3.8, 4) is 5.75 Å². The number of Topliss-reactive ketones (excluding diaryl/α,β-unsaturated/α-hetero) is 1. The summed E-state index contributed by atoms with van der Waals surface area (Å²) >= 11 is 0. The molecule has 5 rings (SSSR count). The van der Waals surface area contributed by atoms with Crippen LogP contribution < -0.4 is 15.4 Å². The second-order valence-corrected chi connectivity index (χ2v) is 8.68. The zero-order chi connectivity index (χ0) is 22.4. The van der Waals surface area contributed by atoms with Gasteiger partial charge in [0.25, 0.3) is 5.91 Å². The van der Waals surface area contributed by atoms with Gasteiger partial charge in [-0.2, -0.15) is 0 Å². The van der Waals surface area contributed by atoms with Gasteiger partial charge in [-0.05, 0) is 44.2 Å². The van der Waals surface area contributed by atoms with Gasteiger partial charge >= 0.3 is 6.36 Å². The minimum absolute atomic E-state index is 0.0437. The number of alkyl halides is 3. The van der Waals surface area contributed by atoms with Crippen molar-refractivity contribution >= 4 is 11.7 Å². The Balaban J connectivity index is 1.12. The fourth-order valence-corrected chi connectivity index (χ4v) is 4.69. The molecule has 0 aliphatic heterocycles. The largest absolute Gasteiger partial charge is 0.522 e. The number of benzene rings is 1. The molecule has 4 aliphatic carbocycles. The highest BCUT2D eigenvalue weighted by Gasteiger charge is 2.68. The Bertz CT molecular complexity index is 865. The molecule has 0 radical (unpaired) electrons. The van der Waals surface area contributed by atoms with Crippen molar-refractivity contribution < 1.29 is 41.0 Å². The van der Waals surface area contributed by atoms with Gasteiger partial charge in [-0.1, -0.05) is 0 Å². The van der Waals surface area contributed by atoms with E-state index in [2.05, 4.69) is 15.4 Å². The molecule has 0 atom stereocenters. The van der Waals surface area contributed by atoms with E-state index >= 15 is 0 Å². The van der Waals surface area contributed by atoms with Crippen molar-refractivity contribution in [1.82, 2.24) is 10.6 Å². The molecule has 11 heteroatoms. The van der Waals surface area contributed by atoms with Gasteiger partial charge in [-0.25, -0.2) is 8.78 Å². The summed E-state index contributed by atoms with van der Waals surface area (Å²) in [5.74, 6) is -2.97. The van der Waals surface area contributed by atoms with Gasteiger partial charge in [0.1, 0.15) is 11.5 Å². The van der Waals surface area contributed by atoms with Crippen LogP contribution in [0.1, 0.15) is 32.1 Å². The highest BCUT2D eigenvalue weighted by Crippen LogP contribution is 2.60. The van der Waals surface area contributed by atoms with Gasteiger partial charge in [0.2, 0.25) is 0 Å². The summed E-state index contributed by atoms with van der Waals surface area (Å²) < 4.78 is 71.5. The molecular weight excluding hydrogens is 427 g/mol. The van der Waals surface area contributed by atoms with Crippen LogP contribution in [0.5, 0.6) is 5.75 Å². The Morgan fingerprint density at radius 2 is 1.74 bits per heavy atom. The van der Waals surface area contributed by atoms with E-state index in [1.165, 1.54) is 6.07 Å². The first-order valence-corrected chi connectivity index (χ1v) is 9.88. The summed E-state index contributed by atoms with van der Waals surface area (Å²) in [7, 11) is 0. The summed E-state index contributed by atoms with van der Waals surface area (Å²) in [5.41, 5.74) is -0.609. The molecule has 0 spiro atoms. The second kappa shape index (κ2) is 7.70. The Labute approximate surface area is 174 Å². The molecule has 2 N–H and O–H groups in total. The maximum absolute atomic E-state index is 13.1. The minimum Gasteiger partial charge on any atom is -0.484 e. The van der Waals surface area contributed by atoms with Crippen molar-refractivity contribution in [3.05, 3.63) is 29.8 Å². The molecule has 4 fully saturated rings. The zero-order valence-electron chi connectivity index (χ0n) is 16.4. The predicted octanol–water partition coefficient (Wildman–Crippen LogP) is 2.61. The molecule has 0 aromatic heterocycles. The summed E-state index contributed by atoms with van der Waals surface area (Å²) in [5, 5.41) is 6.03. The van der Waals surface area contributed by atoms with Crippen molar-refractivity contribution in [2.75, 3.05) is 13.2 Å². The van der Waals surface area contributed by atoms with Crippen LogP contribution in [0.4, 0.5) is 22.0 Å². The van der Waals surface area contributed by atoms with Gasteiger partial charge in [-0.3, -0.25) is 14.3 Å². The smallest absolute Gasteiger partial charge is 0.484 e. The first kappa shape index (κ1) is 21.9. The number of halogens is 5. The average Bonchev–Trinajstić information content (AvgIpc) is 2.58. The van der Waals surface area contributed by atoms with E-state index in [0.717, 1.165) is 12.1 Å². The molecule has 0 saturated heterocycles. The third-order valence-electron chi connectivity index (χ3n) is 6.18. The number of ether oxygens (including phenoxy) is 2. The quantitative estimate of drug-likeness (QED) is 0.568. The van der Waals surface area contributed by atoms with E-state index in [-0.39, 0.29) is 54.5 Å². The lowest BCUT2D eigenvalue weighted by molar-refractivity contribution is -0.353. The van der Waals surface area contributed by atoms with Crippen molar-refractivity contribution in [3.63, 3.8) is 0 Å². The second-order valence-electron chi connectivity index (χ2n) is 8.68. The lowest BCUT2D eigenvalue weighted by Gasteiger charge is -2.70. The SMILES string of the molecule is O=C(COc1ccc(F)c(F)c1)NC12CC(NCC(=O)C3CC(OC(F)(F)F)C3)(C1)C2. The normalized spacial score (nSPS) is 31.1. The number of hydrogen-bond donors (Lipinski definition) is 2. The number of ketones is 1. The van der Waals surface area contributed by atoms with Crippen molar-refractivity contribution in [2.24, 2.45) is 5.92 Å². The number of amides is 1. The molecule has 31 heavy (non-hydrogen) atoms. The summed E-state index contributed by atoms with van der Waals surface area (Å²) in [4.78, 5) is 24.2. The molecule has 4 saturated carbocycles. The third kappa shape index (κ3) is 4.82. The highest BCUT2D eigenvalue weighted by molar-refractivity contribution is 5.84. The van der Waals surface area contributed by atoms with Crippen molar-refractivity contribution in [2.45, 2.75) is 55.6 Å². The monoisotopic (exact) mass is 448 g/mol. The standard InChI is InChI=1S/C20H21F5N2O4/c21-14-2-1-12(5-15(14)22)30-7-17(29)27-19-8-18(9-19,10-19)26-6-16(28)11-3-13(4-11)31-20(23,24)25/h1-2,5,11,13,26H,3-4,6-10H2,(H,27,29). The molecule has 1 aromatic rings. The first-order valence-electron chi connectivity index (χ1n) is 9.88. The zero-order valence-corrected chi connectivity index (χ0v) is 16.4. The van der Waals surface area contributed by atoms with Gasteiger partial charge < -0.3 is 15.4 Å². The van der Waals surface area contributed by atoms with E-state index < -0.39 is 30.0 Å². The van der Waals surface area contributed by atoms with Crippen LogP contribution in [-0.2, 0) is 14.3 Å². The van der Waals surface area contributed by atoms with Crippen LogP contribution in [0.2, 0.25) is 0 Å². The maximum Gasteiger partial charge on any atom is 0.522 e. The lowest BCUT2D eigenvalue weighted by Crippen LogP contribution is -2.83. The topological polar surface area (TPSA) is 76.7 Å². The maximum atomic E-state index is 13.1. The van der Waals surface area contributed by atoms with Crippen LogP contribution in [0.3, 0.4) is 0 Å². The van der Waals surface area contributed by atoms with E-state index in [9.17, 15) is 31.5 Å². The molecule has 170 valence electrons. The molecule has 1 amide bonds. The third-order valence-corrected chi connectivity index (χ3v) is 6.18. The van der Waals surface area contributed by atoms with E-state index in [0.29, 0.717) is 19.3 Å². The number of rotatable bonds is 9. The Morgan fingerprint density at radius 3 is 2.35 bits per heavy atom. The molecule has 4 aliphatic rings.